The Balaban J connectivity index is 2.33. The zero-order chi connectivity index (χ0) is 12.7. The predicted octanol–water partition coefficient (Wildman–Crippen LogP) is -0.0571. The third kappa shape index (κ3) is 5.14. The molecule has 0 radical (unpaired) electrons. The summed E-state index contributed by atoms with van der Waals surface area (Å²) < 4.78 is 4.37. The number of hydrogen-bond acceptors (Lipinski definition) is 5. The second kappa shape index (κ2) is 7.24. The number of imide groups is 1. The van der Waals surface area contributed by atoms with Crippen LogP contribution in [0.4, 0.5) is 4.79 Å². The summed E-state index contributed by atoms with van der Waals surface area (Å²) in [5.74, 6) is -0.323. The Bertz CT molecular complexity index is 263. The van der Waals surface area contributed by atoms with Crippen molar-refractivity contribution in [2.24, 2.45) is 0 Å². The van der Waals surface area contributed by atoms with Crippen LogP contribution >= 0.6 is 0 Å². The summed E-state index contributed by atoms with van der Waals surface area (Å²) in [5, 5.41) is 5.48. The Morgan fingerprint density at radius 3 is 2.88 bits per heavy atom. The van der Waals surface area contributed by atoms with Gasteiger partial charge >= 0.3 is 6.09 Å². The van der Waals surface area contributed by atoms with Crippen molar-refractivity contribution in [3.8, 4) is 0 Å². The van der Waals surface area contributed by atoms with Crippen molar-refractivity contribution in [1.82, 2.24) is 15.5 Å². The summed E-state index contributed by atoms with van der Waals surface area (Å²) in [7, 11) is 3.15. The normalized spacial score (nSPS) is 20.8. The molecule has 2 amide bonds. The molecular weight excluding hydrogens is 222 g/mol. The molecule has 0 aliphatic carbocycles. The molecule has 1 aliphatic heterocycles. The van der Waals surface area contributed by atoms with E-state index in [9.17, 15) is 9.59 Å². The summed E-state index contributed by atoms with van der Waals surface area (Å²) >= 11 is 0. The number of hydrogen-bond donors (Lipinski definition) is 2. The molecule has 1 atom stereocenters. The standard InChI is InChI=1S/C11H21N3O3/c1-14(8-10(15)13-11(16)17-2)9-4-3-6-12-7-5-9/h9,12H,3-8H2,1-2H3,(H,13,15,16). The number of nitrogens with zero attached hydrogens (tertiary/aromatic N) is 1. The fourth-order valence-electron chi connectivity index (χ4n) is 2.00. The van der Waals surface area contributed by atoms with Crippen molar-refractivity contribution in [3.63, 3.8) is 0 Å². The van der Waals surface area contributed by atoms with E-state index in [1.54, 1.807) is 0 Å². The fourth-order valence-corrected chi connectivity index (χ4v) is 2.00. The highest BCUT2D eigenvalue weighted by atomic mass is 16.5. The lowest BCUT2D eigenvalue weighted by Gasteiger charge is -2.25. The predicted molar refractivity (Wildman–Crippen MR) is 63.7 cm³/mol. The van der Waals surface area contributed by atoms with Gasteiger partial charge in [-0.05, 0) is 39.4 Å². The first-order chi connectivity index (χ1) is 8.13. The first-order valence-electron chi connectivity index (χ1n) is 5.92. The van der Waals surface area contributed by atoms with Crippen LogP contribution in [0.5, 0.6) is 0 Å². The molecule has 1 saturated heterocycles. The molecule has 0 spiro atoms. The Hall–Kier alpha value is -1.14. The molecular formula is C11H21N3O3. The van der Waals surface area contributed by atoms with Gasteiger partial charge in [-0.3, -0.25) is 15.0 Å². The zero-order valence-corrected chi connectivity index (χ0v) is 10.5. The Morgan fingerprint density at radius 1 is 1.41 bits per heavy atom. The second-order valence-electron chi connectivity index (χ2n) is 4.29. The smallest absolute Gasteiger partial charge is 0.413 e. The summed E-state index contributed by atoms with van der Waals surface area (Å²) in [4.78, 5) is 24.3. The molecule has 6 nitrogen and oxygen atoms in total. The molecule has 1 rings (SSSR count). The van der Waals surface area contributed by atoms with Gasteiger partial charge in [0.2, 0.25) is 5.91 Å². The van der Waals surface area contributed by atoms with Crippen LogP contribution in [0.25, 0.3) is 0 Å². The topological polar surface area (TPSA) is 70.7 Å². The number of methoxy groups -OCH3 is 1. The van der Waals surface area contributed by atoms with E-state index in [1.165, 1.54) is 7.11 Å². The Labute approximate surface area is 102 Å². The number of alkyl carbamates (subject to hydrolysis) is 1. The molecule has 2 N–H and O–H groups in total. The van der Waals surface area contributed by atoms with Crippen LogP contribution in [0.3, 0.4) is 0 Å². The van der Waals surface area contributed by atoms with Crippen LogP contribution in [-0.2, 0) is 9.53 Å². The van der Waals surface area contributed by atoms with Gasteiger partial charge in [-0.25, -0.2) is 4.79 Å². The van der Waals surface area contributed by atoms with Gasteiger partial charge in [0.15, 0.2) is 0 Å². The molecule has 17 heavy (non-hydrogen) atoms. The minimum atomic E-state index is -0.703. The number of likely N-dealkylation sites (N-methyl/N-ethyl adjacent to an activating group) is 1. The highest BCUT2D eigenvalue weighted by Gasteiger charge is 2.19. The van der Waals surface area contributed by atoms with Gasteiger partial charge in [0.1, 0.15) is 0 Å². The average molecular weight is 243 g/mol. The minimum Gasteiger partial charge on any atom is -0.453 e. The minimum absolute atomic E-state index is 0.222. The molecule has 6 heteroatoms. The van der Waals surface area contributed by atoms with E-state index in [4.69, 9.17) is 0 Å². The van der Waals surface area contributed by atoms with Crippen molar-refractivity contribution in [3.05, 3.63) is 0 Å². The highest BCUT2D eigenvalue weighted by Crippen LogP contribution is 2.11. The maximum Gasteiger partial charge on any atom is 0.413 e. The molecule has 0 saturated carbocycles. The molecule has 98 valence electrons. The number of nitrogens with one attached hydrogen (secondary N) is 2. The van der Waals surface area contributed by atoms with Crippen LogP contribution in [0, 0.1) is 0 Å². The van der Waals surface area contributed by atoms with E-state index in [0.29, 0.717) is 6.04 Å². The second-order valence-corrected chi connectivity index (χ2v) is 4.29. The van der Waals surface area contributed by atoms with Crippen LogP contribution in [0.1, 0.15) is 19.3 Å². The highest BCUT2D eigenvalue weighted by molar-refractivity contribution is 5.92. The summed E-state index contributed by atoms with van der Waals surface area (Å²) in [6.45, 7) is 2.24. The van der Waals surface area contributed by atoms with E-state index in [1.807, 2.05) is 11.9 Å². The lowest BCUT2D eigenvalue weighted by atomic mass is 10.1. The van der Waals surface area contributed by atoms with Gasteiger partial charge in [-0.2, -0.15) is 0 Å². The Morgan fingerprint density at radius 2 is 2.18 bits per heavy atom. The quantitative estimate of drug-likeness (QED) is 0.727. The van der Waals surface area contributed by atoms with Crippen LogP contribution < -0.4 is 10.6 Å². The third-order valence-corrected chi connectivity index (χ3v) is 2.99. The van der Waals surface area contributed by atoms with Gasteiger partial charge in [0.05, 0.1) is 13.7 Å². The first-order valence-corrected chi connectivity index (χ1v) is 5.92. The van der Waals surface area contributed by atoms with Crippen LogP contribution in [0.15, 0.2) is 0 Å². The van der Waals surface area contributed by atoms with Gasteiger partial charge in [0.25, 0.3) is 0 Å². The first kappa shape index (κ1) is 13.9. The van der Waals surface area contributed by atoms with E-state index in [0.717, 1.165) is 32.4 Å². The molecule has 0 bridgehead atoms. The van der Waals surface area contributed by atoms with Crippen molar-refractivity contribution >= 4 is 12.0 Å². The van der Waals surface area contributed by atoms with Crippen LogP contribution in [-0.4, -0.2) is 56.7 Å². The average Bonchev–Trinajstić information content (AvgIpc) is 2.57. The lowest BCUT2D eigenvalue weighted by Crippen LogP contribution is -2.42. The third-order valence-electron chi connectivity index (χ3n) is 2.99. The van der Waals surface area contributed by atoms with Crippen molar-refractivity contribution in [2.75, 3.05) is 33.8 Å². The van der Waals surface area contributed by atoms with E-state index in [-0.39, 0.29) is 12.5 Å². The van der Waals surface area contributed by atoms with Gasteiger partial charge in [0, 0.05) is 6.04 Å². The summed E-state index contributed by atoms with van der Waals surface area (Å²) in [6.07, 6.45) is 2.52. The molecule has 1 aliphatic rings. The number of rotatable bonds is 3. The molecule has 0 aromatic rings. The van der Waals surface area contributed by atoms with Crippen molar-refractivity contribution < 1.29 is 14.3 Å². The van der Waals surface area contributed by atoms with Crippen molar-refractivity contribution in [2.45, 2.75) is 25.3 Å². The van der Waals surface area contributed by atoms with E-state index < -0.39 is 6.09 Å². The van der Waals surface area contributed by atoms with Crippen LogP contribution in [0.2, 0.25) is 0 Å². The van der Waals surface area contributed by atoms with Gasteiger partial charge < -0.3 is 10.1 Å². The summed E-state index contributed by atoms with van der Waals surface area (Å²) in [6, 6.07) is 0.397. The number of carbonyl (C=O) groups is 2. The summed E-state index contributed by atoms with van der Waals surface area (Å²) in [5.41, 5.74) is 0. The lowest BCUT2D eigenvalue weighted by molar-refractivity contribution is -0.121. The number of carbonyl (C=O) groups excluding carboxylic acids is 2. The van der Waals surface area contributed by atoms with E-state index in [2.05, 4.69) is 15.4 Å². The molecule has 0 aromatic carbocycles. The zero-order valence-electron chi connectivity index (χ0n) is 10.5. The molecule has 1 unspecified atom stereocenters. The molecule has 0 aromatic heterocycles. The maximum absolute atomic E-state index is 11.5. The van der Waals surface area contributed by atoms with Gasteiger partial charge in [-0.15, -0.1) is 0 Å². The fraction of sp³-hybridized carbons (Fsp3) is 0.818. The molecule has 1 fully saturated rings. The monoisotopic (exact) mass is 243 g/mol. The SMILES string of the molecule is COC(=O)NC(=O)CN(C)C1CCCNCC1. The molecule has 1 heterocycles. The maximum atomic E-state index is 11.5. The van der Waals surface area contributed by atoms with E-state index >= 15 is 0 Å². The Kier molecular flexibility index (Phi) is 5.93. The van der Waals surface area contributed by atoms with Gasteiger partial charge in [-0.1, -0.05) is 0 Å². The number of ether oxygens (including phenoxy) is 1. The largest absolute Gasteiger partial charge is 0.453 e. The number of amides is 2. The van der Waals surface area contributed by atoms with Crippen molar-refractivity contribution in [1.29, 1.82) is 0 Å².